The third-order valence-corrected chi connectivity index (χ3v) is 10.3. The first-order chi connectivity index (χ1) is 21.6. The smallest absolute Gasteiger partial charge is 0.260 e. The van der Waals surface area contributed by atoms with Gasteiger partial charge in [0.05, 0.1) is 36.0 Å². The highest BCUT2D eigenvalue weighted by Gasteiger charge is 2.70. The zero-order chi connectivity index (χ0) is 31.8. The van der Waals surface area contributed by atoms with Crippen molar-refractivity contribution in [3.8, 4) is 11.5 Å². The molecule has 2 aliphatic heterocycles. The molecule has 1 saturated carbocycles. The number of fused-ring (bicyclic) bond motifs is 4. The molecule has 0 spiro atoms. The molecule has 6 atom stereocenters. The second kappa shape index (κ2) is 10.4. The van der Waals surface area contributed by atoms with Gasteiger partial charge in [-0.2, -0.15) is 5.01 Å². The molecule has 11 heteroatoms. The molecule has 2 N–H and O–H groups in total. The standard InChI is InChI=1S/C34H29ClFN3O6/c1-38-30(41)22-15-14-21-23(27(22)32(38)43)16-24-31(42)39(37-20-12-10-19(36)11-13-20)33(44)34(24,17-6-8-18(35)9-7-17)29(21)28-25(40)4-3-5-26(28)45-2/h3-14,22-24,27,29,37,40H,15-16H2,1-2H3/t22-,23+,24-,27-,29+,34+/m0/s1. The lowest BCUT2D eigenvalue weighted by Gasteiger charge is -2.50. The van der Waals surface area contributed by atoms with Gasteiger partial charge in [-0.15, -0.1) is 0 Å². The lowest BCUT2D eigenvalue weighted by atomic mass is 9.49. The van der Waals surface area contributed by atoms with Crippen LogP contribution in [0.1, 0.15) is 29.9 Å². The summed E-state index contributed by atoms with van der Waals surface area (Å²) in [6.45, 7) is 0. The Hall–Kier alpha value is -4.70. The van der Waals surface area contributed by atoms with Gasteiger partial charge in [-0.05, 0) is 72.9 Å². The number of methoxy groups -OCH3 is 1. The lowest BCUT2D eigenvalue weighted by Crippen LogP contribution is -2.53. The van der Waals surface area contributed by atoms with Crippen molar-refractivity contribution in [2.45, 2.75) is 24.2 Å². The summed E-state index contributed by atoms with van der Waals surface area (Å²) in [5.74, 6) is -5.97. The lowest BCUT2D eigenvalue weighted by molar-refractivity contribution is -0.140. The van der Waals surface area contributed by atoms with E-state index in [4.69, 9.17) is 16.3 Å². The fourth-order valence-electron chi connectivity index (χ4n) is 8.13. The van der Waals surface area contributed by atoms with Gasteiger partial charge in [-0.1, -0.05) is 41.4 Å². The maximum Gasteiger partial charge on any atom is 0.260 e. The quantitative estimate of drug-likeness (QED) is 0.307. The monoisotopic (exact) mass is 629 g/mol. The number of rotatable bonds is 5. The van der Waals surface area contributed by atoms with Crippen LogP contribution in [0.25, 0.3) is 0 Å². The van der Waals surface area contributed by atoms with Gasteiger partial charge in [0, 0.05) is 23.6 Å². The average Bonchev–Trinajstić information content (AvgIpc) is 3.39. The summed E-state index contributed by atoms with van der Waals surface area (Å²) in [7, 11) is 2.92. The van der Waals surface area contributed by atoms with Gasteiger partial charge < -0.3 is 9.84 Å². The number of hydrogen-bond acceptors (Lipinski definition) is 7. The van der Waals surface area contributed by atoms with E-state index >= 15 is 4.79 Å². The van der Waals surface area contributed by atoms with Gasteiger partial charge in [0.1, 0.15) is 17.3 Å². The molecule has 2 aliphatic carbocycles. The third-order valence-electron chi connectivity index (χ3n) is 10.0. The van der Waals surface area contributed by atoms with E-state index in [0.717, 1.165) is 9.91 Å². The summed E-state index contributed by atoms with van der Waals surface area (Å²) < 4.78 is 19.5. The number of hydrazine groups is 1. The first kappa shape index (κ1) is 29.0. The summed E-state index contributed by atoms with van der Waals surface area (Å²) in [5.41, 5.74) is 3.06. The molecule has 2 heterocycles. The van der Waals surface area contributed by atoms with Crippen LogP contribution in [-0.2, 0) is 24.6 Å². The Morgan fingerprint density at radius 3 is 2.36 bits per heavy atom. The van der Waals surface area contributed by atoms with E-state index in [2.05, 4.69) is 5.43 Å². The molecule has 3 fully saturated rings. The second-order valence-electron chi connectivity index (χ2n) is 12.0. The number of likely N-dealkylation sites (tertiary alicyclic amines) is 1. The minimum Gasteiger partial charge on any atom is -0.508 e. The number of imide groups is 2. The SMILES string of the molecule is COc1cccc(O)c1[C@H]1C2=CC[C@@H]3C(=O)N(C)C(=O)[C@@H]3[C@@H]2C[C@H]2C(=O)N(Nc3ccc(F)cc3)C(=O)[C@@]12c1ccc(Cl)cc1. The van der Waals surface area contributed by atoms with E-state index in [1.165, 1.54) is 44.5 Å². The molecule has 7 rings (SSSR count). The van der Waals surface area contributed by atoms with E-state index in [1.807, 2.05) is 6.08 Å². The number of halogens is 2. The normalized spacial score (nSPS) is 28.9. The van der Waals surface area contributed by atoms with Crippen molar-refractivity contribution >= 4 is 40.9 Å². The van der Waals surface area contributed by atoms with E-state index in [1.54, 1.807) is 36.4 Å². The Labute approximate surface area is 263 Å². The van der Waals surface area contributed by atoms with Crippen LogP contribution < -0.4 is 10.2 Å². The van der Waals surface area contributed by atoms with Crippen molar-refractivity contribution < 1.29 is 33.4 Å². The van der Waals surface area contributed by atoms with Gasteiger partial charge in [-0.25, -0.2) is 4.39 Å². The molecule has 230 valence electrons. The molecule has 0 radical (unpaired) electrons. The largest absolute Gasteiger partial charge is 0.508 e. The Bertz CT molecular complexity index is 1790. The Morgan fingerprint density at radius 2 is 1.67 bits per heavy atom. The summed E-state index contributed by atoms with van der Waals surface area (Å²) in [6.07, 6.45) is 2.26. The molecule has 4 aliphatic rings. The average molecular weight is 630 g/mol. The Kier molecular flexibility index (Phi) is 6.74. The number of nitrogens with zero attached hydrogens (tertiary/aromatic N) is 2. The molecule has 4 amide bonds. The van der Waals surface area contributed by atoms with Crippen LogP contribution in [0.3, 0.4) is 0 Å². The van der Waals surface area contributed by atoms with Crippen LogP contribution in [0, 0.1) is 29.5 Å². The zero-order valence-corrected chi connectivity index (χ0v) is 25.1. The highest BCUT2D eigenvalue weighted by molar-refractivity contribution is 6.30. The predicted octanol–water partition coefficient (Wildman–Crippen LogP) is 4.81. The molecule has 2 saturated heterocycles. The number of amides is 4. The number of allylic oxidation sites excluding steroid dienone is 2. The summed E-state index contributed by atoms with van der Waals surface area (Å²) in [6, 6.07) is 16.7. The summed E-state index contributed by atoms with van der Waals surface area (Å²) in [4.78, 5) is 57.4. The highest BCUT2D eigenvalue weighted by Crippen LogP contribution is 2.65. The third kappa shape index (κ3) is 4.04. The topological polar surface area (TPSA) is 116 Å². The fraction of sp³-hybridized carbons (Fsp3) is 0.294. The summed E-state index contributed by atoms with van der Waals surface area (Å²) in [5, 5.41) is 12.9. The van der Waals surface area contributed by atoms with Crippen molar-refractivity contribution in [3.05, 3.63) is 100 Å². The van der Waals surface area contributed by atoms with E-state index < -0.39 is 52.6 Å². The first-order valence-electron chi connectivity index (χ1n) is 14.6. The van der Waals surface area contributed by atoms with Gasteiger partial charge >= 0.3 is 0 Å². The minimum absolute atomic E-state index is 0.0983. The predicted molar refractivity (Wildman–Crippen MR) is 161 cm³/mol. The van der Waals surface area contributed by atoms with Crippen molar-refractivity contribution in [1.29, 1.82) is 0 Å². The number of nitrogens with one attached hydrogen (secondary N) is 1. The number of carbonyl (C=O) groups excluding carboxylic acids is 4. The number of hydrogen-bond donors (Lipinski definition) is 2. The number of phenolic OH excluding ortho intramolecular Hbond substituents is 1. The number of benzene rings is 3. The van der Waals surface area contributed by atoms with Crippen LogP contribution >= 0.6 is 11.6 Å². The molecule has 0 aromatic heterocycles. The van der Waals surface area contributed by atoms with Gasteiger partial charge in [-0.3, -0.25) is 29.5 Å². The van der Waals surface area contributed by atoms with Crippen LogP contribution in [0.2, 0.25) is 5.02 Å². The minimum atomic E-state index is -1.62. The van der Waals surface area contributed by atoms with Crippen LogP contribution in [0.15, 0.2) is 78.4 Å². The molecule has 3 aromatic rings. The first-order valence-corrected chi connectivity index (χ1v) is 15.0. The van der Waals surface area contributed by atoms with Gasteiger partial charge in [0.25, 0.3) is 11.8 Å². The number of aromatic hydroxyl groups is 1. The van der Waals surface area contributed by atoms with Crippen LogP contribution in [0.4, 0.5) is 10.1 Å². The number of anilines is 1. The van der Waals surface area contributed by atoms with E-state index in [-0.39, 0.29) is 30.4 Å². The number of phenols is 1. The molecular formula is C34H29ClFN3O6. The molecule has 9 nitrogen and oxygen atoms in total. The zero-order valence-electron chi connectivity index (χ0n) is 24.4. The fourth-order valence-corrected chi connectivity index (χ4v) is 8.25. The van der Waals surface area contributed by atoms with E-state index in [0.29, 0.717) is 33.2 Å². The summed E-state index contributed by atoms with van der Waals surface area (Å²) >= 11 is 6.30. The number of carbonyl (C=O) groups is 4. The molecule has 0 bridgehead atoms. The maximum absolute atomic E-state index is 15.1. The Morgan fingerprint density at radius 1 is 0.956 bits per heavy atom. The van der Waals surface area contributed by atoms with Crippen LogP contribution in [0.5, 0.6) is 11.5 Å². The van der Waals surface area contributed by atoms with Crippen molar-refractivity contribution in [2.24, 2.45) is 23.7 Å². The van der Waals surface area contributed by atoms with Crippen molar-refractivity contribution in [1.82, 2.24) is 9.91 Å². The van der Waals surface area contributed by atoms with Gasteiger partial charge in [0.2, 0.25) is 11.8 Å². The van der Waals surface area contributed by atoms with Crippen LogP contribution in [-0.4, -0.2) is 52.8 Å². The van der Waals surface area contributed by atoms with Crippen molar-refractivity contribution in [3.63, 3.8) is 0 Å². The molecule has 0 unspecified atom stereocenters. The molecule has 45 heavy (non-hydrogen) atoms. The molecular weight excluding hydrogens is 601 g/mol. The Balaban J connectivity index is 1.51. The van der Waals surface area contributed by atoms with E-state index in [9.17, 15) is 23.9 Å². The number of ether oxygens (including phenoxy) is 1. The molecule has 3 aromatic carbocycles. The highest BCUT2D eigenvalue weighted by atomic mass is 35.5. The maximum atomic E-state index is 15.1. The van der Waals surface area contributed by atoms with Gasteiger partial charge in [0.15, 0.2) is 0 Å². The second-order valence-corrected chi connectivity index (χ2v) is 12.4. The van der Waals surface area contributed by atoms with Crippen molar-refractivity contribution in [2.75, 3.05) is 19.6 Å².